The van der Waals surface area contributed by atoms with Crippen molar-refractivity contribution in [1.29, 1.82) is 0 Å². The molecule has 2 aromatic heterocycles. The molecule has 1 saturated heterocycles. The molecule has 0 unspecified atom stereocenters. The first-order chi connectivity index (χ1) is 9.74. The van der Waals surface area contributed by atoms with Gasteiger partial charge in [0.2, 0.25) is 0 Å². The zero-order chi connectivity index (χ0) is 13.9. The highest BCUT2D eigenvalue weighted by Gasteiger charge is 2.13. The smallest absolute Gasteiger partial charge is 0.339 e. The van der Waals surface area contributed by atoms with E-state index in [1.54, 1.807) is 16.5 Å². The lowest BCUT2D eigenvalue weighted by Crippen LogP contribution is -2.37. The van der Waals surface area contributed by atoms with E-state index in [2.05, 4.69) is 9.88 Å². The van der Waals surface area contributed by atoms with Crippen molar-refractivity contribution >= 4 is 11.6 Å². The van der Waals surface area contributed by atoms with Crippen LogP contribution in [0.3, 0.4) is 0 Å². The Bertz CT molecular complexity index is 617. The fraction of sp³-hybridized carbons (Fsp3) is 0.429. The average Bonchev–Trinajstić information content (AvgIpc) is 2.88. The molecule has 6 nitrogen and oxygen atoms in total. The van der Waals surface area contributed by atoms with Crippen molar-refractivity contribution < 1.29 is 14.6 Å². The number of hydrogen-bond donors (Lipinski definition) is 1. The Labute approximate surface area is 116 Å². The molecule has 0 aliphatic carbocycles. The van der Waals surface area contributed by atoms with E-state index in [1.807, 2.05) is 12.4 Å². The van der Waals surface area contributed by atoms with Crippen molar-refractivity contribution in [2.45, 2.75) is 6.42 Å². The second-order valence-electron chi connectivity index (χ2n) is 4.89. The molecule has 0 aromatic carbocycles. The minimum absolute atomic E-state index is 0.241. The van der Waals surface area contributed by atoms with Crippen molar-refractivity contribution in [2.24, 2.45) is 0 Å². The second kappa shape index (κ2) is 5.60. The van der Waals surface area contributed by atoms with Gasteiger partial charge in [-0.05, 0) is 12.1 Å². The maximum atomic E-state index is 11.2. The van der Waals surface area contributed by atoms with E-state index in [-0.39, 0.29) is 5.56 Å². The standard InChI is InChI=1S/C14H17N3O3/c18-14(19)12-2-1-4-17-10-11(15-13(12)17)3-5-16-6-8-20-9-7-16/h1-2,4,10H,3,5-9H2,(H,18,19). The summed E-state index contributed by atoms with van der Waals surface area (Å²) in [5.74, 6) is -0.944. The molecule has 0 spiro atoms. The Morgan fingerprint density at radius 1 is 1.40 bits per heavy atom. The molecule has 1 fully saturated rings. The van der Waals surface area contributed by atoms with Crippen LogP contribution in [0.15, 0.2) is 24.5 Å². The summed E-state index contributed by atoms with van der Waals surface area (Å²) in [6.07, 6.45) is 4.55. The number of aromatic nitrogens is 2. The number of morpholine rings is 1. The van der Waals surface area contributed by atoms with Gasteiger partial charge in [0, 0.05) is 38.4 Å². The minimum Gasteiger partial charge on any atom is -0.478 e. The Hall–Kier alpha value is -1.92. The molecule has 106 valence electrons. The van der Waals surface area contributed by atoms with Gasteiger partial charge >= 0.3 is 5.97 Å². The van der Waals surface area contributed by atoms with Gasteiger partial charge in [0.25, 0.3) is 0 Å². The fourth-order valence-electron chi connectivity index (χ4n) is 2.45. The van der Waals surface area contributed by atoms with Crippen LogP contribution in [0.4, 0.5) is 0 Å². The van der Waals surface area contributed by atoms with Crippen molar-refractivity contribution in [1.82, 2.24) is 14.3 Å². The van der Waals surface area contributed by atoms with E-state index in [9.17, 15) is 4.79 Å². The van der Waals surface area contributed by atoms with Crippen LogP contribution in [0.5, 0.6) is 0 Å². The first-order valence-corrected chi connectivity index (χ1v) is 6.74. The van der Waals surface area contributed by atoms with Crippen LogP contribution < -0.4 is 0 Å². The molecule has 1 aliphatic rings. The zero-order valence-electron chi connectivity index (χ0n) is 11.2. The van der Waals surface area contributed by atoms with E-state index < -0.39 is 5.97 Å². The second-order valence-corrected chi connectivity index (χ2v) is 4.89. The lowest BCUT2D eigenvalue weighted by Gasteiger charge is -2.26. The van der Waals surface area contributed by atoms with Crippen LogP contribution in [0.1, 0.15) is 16.1 Å². The molecule has 3 rings (SSSR count). The third-order valence-corrected chi connectivity index (χ3v) is 3.55. The van der Waals surface area contributed by atoms with Crippen LogP contribution >= 0.6 is 0 Å². The lowest BCUT2D eigenvalue weighted by molar-refractivity contribution is 0.0383. The van der Waals surface area contributed by atoms with E-state index in [1.165, 1.54) is 0 Å². The van der Waals surface area contributed by atoms with Crippen molar-refractivity contribution in [3.05, 3.63) is 35.8 Å². The Morgan fingerprint density at radius 3 is 2.95 bits per heavy atom. The fourth-order valence-corrected chi connectivity index (χ4v) is 2.45. The van der Waals surface area contributed by atoms with E-state index in [0.717, 1.165) is 45.0 Å². The number of carboxylic acids is 1. The highest BCUT2D eigenvalue weighted by Crippen LogP contribution is 2.12. The summed E-state index contributed by atoms with van der Waals surface area (Å²) in [7, 11) is 0. The summed E-state index contributed by atoms with van der Waals surface area (Å²) in [4.78, 5) is 17.9. The Balaban J connectivity index is 1.75. The molecule has 0 atom stereocenters. The summed E-state index contributed by atoms with van der Waals surface area (Å²) in [5.41, 5.74) is 1.67. The van der Waals surface area contributed by atoms with Crippen LogP contribution in [-0.2, 0) is 11.2 Å². The van der Waals surface area contributed by atoms with Crippen molar-refractivity contribution in [2.75, 3.05) is 32.8 Å². The molecule has 0 radical (unpaired) electrons. The van der Waals surface area contributed by atoms with E-state index in [0.29, 0.717) is 5.65 Å². The third-order valence-electron chi connectivity index (χ3n) is 3.55. The summed E-state index contributed by atoms with van der Waals surface area (Å²) in [6, 6.07) is 3.31. The zero-order valence-corrected chi connectivity index (χ0v) is 11.2. The van der Waals surface area contributed by atoms with Crippen LogP contribution in [0, 0.1) is 0 Å². The van der Waals surface area contributed by atoms with Gasteiger partial charge < -0.3 is 14.2 Å². The quantitative estimate of drug-likeness (QED) is 0.898. The SMILES string of the molecule is O=C(O)c1cccn2cc(CCN3CCOCC3)nc12. The number of carboxylic acid groups (broad SMARTS) is 1. The molecule has 0 amide bonds. The number of rotatable bonds is 4. The molecular formula is C14H17N3O3. The maximum absolute atomic E-state index is 11.2. The minimum atomic E-state index is -0.944. The Kier molecular flexibility index (Phi) is 3.66. The van der Waals surface area contributed by atoms with Crippen LogP contribution in [-0.4, -0.2) is 58.2 Å². The molecule has 2 aromatic rings. The van der Waals surface area contributed by atoms with Crippen LogP contribution in [0.25, 0.3) is 5.65 Å². The molecule has 1 N–H and O–H groups in total. The highest BCUT2D eigenvalue weighted by atomic mass is 16.5. The number of aromatic carboxylic acids is 1. The Morgan fingerprint density at radius 2 is 2.20 bits per heavy atom. The molecule has 3 heterocycles. The van der Waals surface area contributed by atoms with Gasteiger partial charge in [-0.1, -0.05) is 0 Å². The van der Waals surface area contributed by atoms with E-state index in [4.69, 9.17) is 9.84 Å². The topological polar surface area (TPSA) is 67.1 Å². The first-order valence-electron chi connectivity index (χ1n) is 6.74. The number of hydrogen-bond acceptors (Lipinski definition) is 4. The van der Waals surface area contributed by atoms with Gasteiger partial charge in [-0.3, -0.25) is 4.90 Å². The largest absolute Gasteiger partial charge is 0.478 e. The number of ether oxygens (including phenoxy) is 1. The molecule has 6 heteroatoms. The predicted octanol–water partition coefficient (Wildman–Crippen LogP) is 0.907. The van der Waals surface area contributed by atoms with Gasteiger partial charge in [0.05, 0.1) is 18.9 Å². The monoisotopic (exact) mass is 275 g/mol. The summed E-state index contributed by atoms with van der Waals surface area (Å²) < 4.78 is 7.09. The number of carbonyl (C=O) groups is 1. The number of imidazole rings is 1. The van der Waals surface area contributed by atoms with Crippen LogP contribution in [0.2, 0.25) is 0 Å². The van der Waals surface area contributed by atoms with Gasteiger partial charge in [-0.25, -0.2) is 9.78 Å². The normalized spacial score (nSPS) is 16.6. The summed E-state index contributed by atoms with van der Waals surface area (Å²) >= 11 is 0. The predicted molar refractivity (Wildman–Crippen MR) is 73.1 cm³/mol. The molecule has 1 aliphatic heterocycles. The molecular weight excluding hydrogens is 258 g/mol. The number of fused-ring (bicyclic) bond motifs is 1. The van der Waals surface area contributed by atoms with Crippen molar-refractivity contribution in [3.8, 4) is 0 Å². The summed E-state index contributed by atoms with van der Waals surface area (Å²) in [6.45, 7) is 4.40. The van der Waals surface area contributed by atoms with Crippen molar-refractivity contribution in [3.63, 3.8) is 0 Å². The first kappa shape index (κ1) is 13.1. The van der Waals surface area contributed by atoms with Gasteiger partial charge in [0.1, 0.15) is 5.56 Å². The number of nitrogens with zero attached hydrogens (tertiary/aromatic N) is 3. The molecule has 0 saturated carbocycles. The van der Waals surface area contributed by atoms with Gasteiger partial charge in [0.15, 0.2) is 5.65 Å². The molecule has 20 heavy (non-hydrogen) atoms. The maximum Gasteiger partial charge on any atom is 0.339 e. The third kappa shape index (κ3) is 2.66. The lowest BCUT2D eigenvalue weighted by atomic mass is 10.3. The highest BCUT2D eigenvalue weighted by molar-refractivity contribution is 5.94. The number of pyridine rings is 1. The summed E-state index contributed by atoms with van der Waals surface area (Å²) in [5, 5.41) is 9.15. The van der Waals surface area contributed by atoms with Gasteiger partial charge in [-0.15, -0.1) is 0 Å². The molecule has 0 bridgehead atoms. The average molecular weight is 275 g/mol. The van der Waals surface area contributed by atoms with Gasteiger partial charge in [-0.2, -0.15) is 0 Å². The van der Waals surface area contributed by atoms with E-state index >= 15 is 0 Å².